The highest BCUT2D eigenvalue weighted by Crippen LogP contribution is 2.37. The van der Waals surface area contributed by atoms with E-state index in [1.165, 1.54) is 0 Å². The first-order chi connectivity index (χ1) is 13.0. The van der Waals surface area contributed by atoms with Gasteiger partial charge in [-0.25, -0.2) is 4.98 Å². The van der Waals surface area contributed by atoms with Gasteiger partial charge in [-0.2, -0.15) is 0 Å². The van der Waals surface area contributed by atoms with Crippen LogP contribution in [-0.2, 0) is 23.3 Å². The van der Waals surface area contributed by atoms with Crippen LogP contribution in [0.3, 0.4) is 0 Å². The van der Waals surface area contributed by atoms with E-state index in [0.29, 0.717) is 32.5 Å². The summed E-state index contributed by atoms with van der Waals surface area (Å²) in [5, 5.41) is 11.0. The Balaban J connectivity index is 1.67. The average molecular weight is 370 g/mol. The molecular weight excluding hydrogens is 340 g/mol. The van der Waals surface area contributed by atoms with Crippen molar-refractivity contribution in [3.05, 3.63) is 54.1 Å². The molecule has 1 aliphatic heterocycles. The Morgan fingerprint density at radius 2 is 2.07 bits per heavy atom. The van der Waals surface area contributed by atoms with E-state index in [-0.39, 0.29) is 5.91 Å². The maximum atomic E-state index is 12.7. The molecule has 0 radical (unpaired) electrons. The fourth-order valence-corrected chi connectivity index (χ4v) is 4.23. The largest absolute Gasteiger partial charge is 0.389 e. The van der Waals surface area contributed by atoms with E-state index >= 15 is 0 Å². The van der Waals surface area contributed by atoms with Crippen molar-refractivity contribution >= 4 is 5.91 Å². The minimum Gasteiger partial charge on any atom is -0.389 e. The molecule has 1 aromatic carbocycles. The van der Waals surface area contributed by atoms with Gasteiger partial charge < -0.3 is 14.6 Å². The number of aliphatic hydroxyl groups excluding tert-OH is 1. The van der Waals surface area contributed by atoms with Gasteiger partial charge in [0.1, 0.15) is 5.82 Å². The zero-order valence-corrected chi connectivity index (χ0v) is 16.5. The number of likely N-dealkylation sites (tertiary alicyclic amines) is 1. The molecule has 0 saturated carbocycles. The minimum atomic E-state index is -0.632. The van der Waals surface area contributed by atoms with E-state index < -0.39 is 11.6 Å². The second-order valence-electron chi connectivity index (χ2n) is 7.43. The van der Waals surface area contributed by atoms with Gasteiger partial charge >= 0.3 is 0 Å². The Labute approximate surface area is 161 Å². The van der Waals surface area contributed by atoms with Gasteiger partial charge in [-0.15, -0.1) is 0 Å². The van der Waals surface area contributed by atoms with Crippen LogP contribution in [0.4, 0.5) is 0 Å². The highest BCUT2D eigenvalue weighted by atomic mass is 16.3. The second-order valence-corrected chi connectivity index (χ2v) is 7.43. The van der Waals surface area contributed by atoms with Gasteiger partial charge in [0.15, 0.2) is 0 Å². The zero-order valence-electron chi connectivity index (χ0n) is 16.5. The van der Waals surface area contributed by atoms with Crippen LogP contribution in [0, 0.1) is 0 Å². The number of carbonyl (C=O) groups excluding carboxylic acids is 1. The number of benzene rings is 1. The lowest BCUT2D eigenvalue weighted by Gasteiger charge is -2.49. The fraction of sp³-hybridized carbons (Fsp3) is 0.524. The van der Waals surface area contributed by atoms with E-state index in [4.69, 9.17) is 0 Å². The number of rotatable bonds is 6. The van der Waals surface area contributed by atoms with Crippen molar-refractivity contribution in [2.75, 3.05) is 27.2 Å². The van der Waals surface area contributed by atoms with Crippen molar-refractivity contribution < 1.29 is 9.90 Å². The van der Waals surface area contributed by atoms with Crippen LogP contribution >= 0.6 is 0 Å². The number of likely N-dealkylation sites (N-methyl/N-ethyl adjacent to an activating group) is 1. The average Bonchev–Trinajstić information content (AvgIpc) is 3.14. The van der Waals surface area contributed by atoms with E-state index in [1.54, 1.807) is 11.1 Å². The number of hydrogen-bond acceptors (Lipinski definition) is 4. The highest BCUT2D eigenvalue weighted by molar-refractivity contribution is 5.76. The van der Waals surface area contributed by atoms with Gasteiger partial charge in [-0.1, -0.05) is 37.3 Å². The summed E-state index contributed by atoms with van der Waals surface area (Å²) < 4.78 is 2.03. The van der Waals surface area contributed by atoms with Gasteiger partial charge in [0.25, 0.3) is 0 Å². The molecule has 0 bridgehead atoms. The third kappa shape index (κ3) is 3.77. The summed E-state index contributed by atoms with van der Waals surface area (Å²) in [4.78, 5) is 20.9. The summed E-state index contributed by atoms with van der Waals surface area (Å²) in [6.45, 7) is 3.70. The van der Waals surface area contributed by atoms with Crippen molar-refractivity contribution in [3.8, 4) is 0 Å². The van der Waals surface area contributed by atoms with Gasteiger partial charge in [0.2, 0.25) is 5.91 Å². The van der Waals surface area contributed by atoms with Gasteiger partial charge in [-0.3, -0.25) is 9.69 Å². The molecule has 1 fully saturated rings. The summed E-state index contributed by atoms with van der Waals surface area (Å²) in [6.07, 6.45) is 5.06. The Morgan fingerprint density at radius 1 is 1.33 bits per heavy atom. The summed E-state index contributed by atoms with van der Waals surface area (Å²) >= 11 is 0. The summed E-state index contributed by atoms with van der Waals surface area (Å²) in [5.41, 5.74) is 0.637. The lowest BCUT2D eigenvalue weighted by atomic mass is 9.77. The zero-order chi connectivity index (χ0) is 19.4. The first-order valence-corrected chi connectivity index (χ1v) is 9.67. The van der Waals surface area contributed by atoms with E-state index in [2.05, 4.69) is 28.9 Å². The Bertz CT molecular complexity index is 759. The van der Waals surface area contributed by atoms with Crippen molar-refractivity contribution in [2.45, 2.75) is 44.4 Å². The molecular formula is C21H30N4O2. The normalized spacial score (nSPS) is 23.0. The lowest BCUT2D eigenvalue weighted by molar-refractivity contribution is -0.141. The van der Waals surface area contributed by atoms with Crippen molar-refractivity contribution in [1.29, 1.82) is 0 Å². The molecule has 1 N–H and O–H groups in total. The standard InChI is InChI=1S/C21H30N4O2/c1-4-19-22-12-15-24(19)13-10-20(27)25-14-11-21(23(2)3,18(26)16-25)17-8-6-5-7-9-17/h5-9,12,15,18,26H,4,10-11,13-14,16H2,1-3H3/t18-,21+/m1/s1. The molecule has 2 aromatic rings. The van der Waals surface area contributed by atoms with Crippen LogP contribution in [-0.4, -0.2) is 63.7 Å². The highest BCUT2D eigenvalue weighted by Gasteiger charge is 2.46. The van der Waals surface area contributed by atoms with Crippen LogP contribution in [0.5, 0.6) is 0 Å². The first kappa shape index (κ1) is 19.6. The topological polar surface area (TPSA) is 61.6 Å². The van der Waals surface area contributed by atoms with Crippen molar-refractivity contribution in [2.24, 2.45) is 0 Å². The van der Waals surface area contributed by atoms with Crippen molar-refractivity contribution in [1.82, 2.24) is 19.4 Å². The maximum Gasteiger partial charge on any atom is 0.224 e. The molecule has 27 heavy (non-hydrogen) atoms. The fourth-order valence-electron chi connectivity index (χ4n) is 4.23. The Kier molecular flexibility index (Phi) is 5.97. The lowest BCUT2D eigenvalue weighted by Crippen LogP contribution is -2.60. The predicted octanol–water partition coefficient (Wildman–Crippen LogP) is 1.89. The summed E-state index contributed by atoms with van der Waals surface area (Å²) in [7, 11) is 4.00. The predicted molar refractivity (Wildman–Crippen MR) is 105 cm³/mol. The number of piperidine rings is 1. The number of aryl methyl sites for hydroxylation is 2. The molecule has 0 spiro atoms. The number of nitrogens with zero attached hydrogens (tertiary/aromatic N) is 4. The molecule has 1 aromatic heterocycles. The van der Waals surface area contributed by atoms with Gasteiger partial charge in [-0.05, 0) is 26.1 Å². The molecule has 1 saturated heterocycles. The molecule has 2 heterocycles. The number of hydrogen-bond donors (Lipinski definition) is 1. The van der Waals surface area contributed by atoms with E-state index in [9.17, 15) is 9.90 Å². The number of amides is 1. The Hall–Kier alpha value is -2.18. The second kappa shape index (κ2) is 8.23. The minimum absolute atomic E-state index is 0.0882. The summed E-state index contributed by atoms with van der Waals surface area (Å²) in [6, 6.07) is 10.1. The molecule has 6 heteroatoms. The van der Waals surface area contributed by atoms with Crippen LogP contribution < -0.4 is 0 Å². The SMILES string of the molecule is CCc1nccn1CCC(=O)N1CC[C@@](c2ccccc2)(N(C)C)[C@H](O)C1. The van der Waals surface area contributed by atoms with E-state index in [1.807, 2.05) is 43.1 Å². The molecule has 2 atom stereocenters. The molecule has 0 unspecified atom stereocenters. The van der Waals surface area contributed by atoms with Crippen LogP contribution in [0.15, 0.2) is 42.7 Å². The number of aromatic nitrogens is 2. The number of carbonyl (C=O) groups is 1. The van der Waals surface area contributed by atoms with Crippen LogP contribution in [0.25, 0.3) is 0 Å². The number of β-amino-alcohol motifs (C(OH)–C–C–N with tert-alkyl or cyclic N) is 1. The van der Waals surface area contributed by atoms with Gasteiger partial charge in [0, 0.05) is 44.9 Å². The third-order valence-corrected chi connectivity index (χ3v) is 5.82. The Morgan fingerprint density at radius 3 is 2.70 bits per heavy atom. The monoisotopic (exact) mass is 370 g/mol. The molecule has 1 amide bonds. The number of aliphatic hydroxyl groups is 1. The molecule has 0 aliphatic carbocycles. The molecule has 1 aliphatic rings. The van der Waals surface area contributed by atoms with Crippen LogP contribution in [0.2, 0.25) is 0 Å². The van der Waals surface area contributed by atoms with E-state index in [0.717, 1.165) is 17.8 Å². The number of imidazole rings is 1. The summed E-state index contributed by atoms with van der Waals surface area (Å²) in [5.74, 6) is 1.09. The first-order valence-electron chi connectivity index (χ1n) is 9.67. The smallest absolute Gasteiger partial charge is 0.224 e. The quantitative estimate of drug-likeness (QED) is 0.844. The van der Waals surface area contributed by atoms with Gasteiger partial charge in [0.05, 0.1) is 11.6 Å². The van der Waals surface area contributed by atoms with Crippen molar-refractivity contribution in [3.63, 3.8) is 0 Å². The third-order valence-electron chi connectivity index (χ3n) is 5.82. The molecule has 3 rings (SSSR count). The van der Waals surface area contributed by atoms with Crippen LogP contribution in [0.1, 0.15) is 31.2 Å². The maximum absolute atomic E-state index is 12.7. The molecule has 6 nitrogen and oxygen atoms in total. The molecule has 146 valence electrons.